The molecule has 1 N–H and O–H groups in total. The molecule has 1 aliphatic heterocycles. The highest BCUT2D eigenvalue weighted by atomic mass is 16.2. The number of anilines is 1. The highest BCUT2D eigenvalue weighted by molar-refractivity contribution is 6.05. The molecule has 1 fully saturated rings. The molecule has 0 spiro atoms. The fourth-order valence-corrected chi connectivity index (χ4v) is 2.71. The van der Waals surface area contributed by atoms with Gasteiger partial charge in [-0.2, -0.15) is 0 Å². The van der Waals surface area contributed by atoms with Crippen LogP contribution in [0, 0.1) is 6.92 Å². The molecule has 0 bridgehead atoms. The molecule has 1 aromatic heterocycles. The number of nitrogens with one attached hydrogen (secondary N) is 1. The lowest BCUT2D eigenvalue weighted by molar-refractivity contribution is 0.0663. The van der Waals surface area contributed by atoms with E-state index in [2.05, 4.69) is 15.2 Å². The van der Waals surface area contributed by atoms with Gasteiger partial charge in [-0.3, -0.25) is 14.6 Å². The Bertz CT molecular complexity index is 765. The molecule has 2 aromatic rings. The average molecular weight is 338 g/mol. The van der Waals surface area contributed by atoms with E-state index in [0.717, 1.165) is 18.7 Å². The van der Waals surface area contributed by atoms with Crippen LogP contribution in [0.1, 0.15) is 26.3 Å². The third-order valence-corrected chi connectivity index (χ3v) is 4.35. The first kappa shape index (κ1) is 17.1. The van der Waals surface area contributed by atoms with Gasteiger partial charge in [-0.1, -0.05) is 17.7 Å². The van der Waals surface area contributed by atoms with Crippen molar-refractivity contribution in [2.45, 2.75) is 6.92 Å². The number of likely N-dealkylation sites (N-methyl/N-ethyl adjacent to an activating group) is 1. The number of rotatable bonds is 3. The van der Waals surface area contributed by atoms with E-state index < -0.39 is 0 Å². The fraction of sp³-hybridized carbons (Fsp3) is 0.316. The van der Waals surface area contributed by atoms with Crippen LogP contribution in [0.5, 0.6) is 0 Å². The Morgan fingerprint density at radius 1 is 1.00 bits per heavy atom. The van der Waals surface area contributed by atoms with Gasteiger partial charge in [0, 0.05) is 44.3 Å². The molecule has 0 radical (unpaired) electrons. The topological polar surface area (TPSA) is 65.5 Å². The lowest BCUT2D eigenvalue weighted by atomic mass is 10.1. The zero-order valence-electron chi connectivity index (χ0n) is 14.5. The van der Waals surface area contributed by atoms with Gasteiger partial charge in [-0.25, -0.2) is 0 Å². The van der Waals surface area contributed by atoms with Crippen molar-refractivity contribution in [3.63, 3.8) is 0 Å². The van der Waals surface area contributed by atoms with Gasteiger partial charge >= 0.3 is 0 Å². The van der Waals surface area contributed by atoms with Crippen LogP contribution in [0.2, 0.25) is 0 Å². The highest BCUT2D eigenvalue weighted by Gasteiger charge is 2.21. The smallest absolute Gasteiger partial charge is 0.257 e. The van der Waals surface area contributed by atoms with Gasteiger partial charge in [0.1, 0.15) is 0 Å². The molecule has 0 unspecified atom stereocenters. The Hall–Kier alpha value is -2.73. The van der Waals surface area contributed by atoms with Crippen LogP contribution in [0.3, 0.4) is 0 Å². The Labute approximate surface area is 147 Å². The minimum absolute atomic E-state index is 0.0782. The van der Waals surface area contributed by atoms with Gasteiger partial charge in [0.15, 0.2) is 0 Å². The van der Waals surface area contributed by atoms with Crippen LogP contribution in [0.25, 0.3) is 0 Å². The summed E-state index contributed by atoms with van der Waals surface area (Å²) in [4.78, 5) is 33.1. The van der Waals surface area contributed by atoms with Crippen molar-refractivity contribution >= 4 is 17.5 Å². The molecule has 1 aromatic carbocycles. The number of aryl methyl sites for hydroxylation is 1. The van der Waals surface area contributed by atoms with E-state index >= 15 is 0 Å². The highest BCUT2D eigenvalue weighted by Crippen LogP contribution is 2.13. The lowest BCUT2D eigenvalue weighted by Crippen LogP contribution is -2.47. The Kier molecular flexibility index (Phi) is 5.09. The van der Waals surface area contributed by atoms with E-state index in [1.54, 1.807) is 11.0 Å². The summed E-state index contributed by atoms with van der Waals surface area (Å²) in [6.45, 7) is 5.08. The summed E-state index contributed by atoms with van der Waals surface area (Å²) in [5.74, 6) is -0.352. The Balaban J connectivity index is 1.71. The van der Waals surface area contributed by atoms with E-state index in [4.69, 9.17) is 0 Å². The molecule has 3 rings (SSSR count). The summed E-state index contributed by atoms with van der Waals surface area (Å²) < 4.78 is 0. The summed E-state index contributed by atoms with van der Waals surface area (Å²) >= 11 is 0. The molecule has 2 heterocycles. The van der Waals surface area contributed by atoms with Gasteiger partial charge in [-0.15, -0.1) is 0 Å². The zero-order chi connectivity index (χ0) is 17.8. The summed E-state index contributed by atoms with van der Waals surface area (Å²) in [7, 11) is 2.04. The predicted molar refractivity (Wildman–Crippen MR) is 96.8 cm³/mol. The monoisotopic (exact) mass is 338 g/mol. The number of amides is 2. The van der Waals surface area contributed by atoms with Crippen LogP contribution in [0.15, 0.2) is 42.7 Å². The third-order valence-electron chi connectivity index (χ3n) is 4.35. The van der Waals surface area contributed by atoms with E-state index in [9.17, 15) is 9.59 Å². The normalized spacial score (nSPS) is 15.0. The SMILES string of the molecule is Cc1ccc(NC(=O)c2cncc(C(=O)N3CCN(C)CC3)c2)cc1. The third kappa shape index (κ3) is 4.22. The molecular formula is C19H22N4O2. The zero-order valence-corrected chi connectivity index (χ0v) is 14.5. The molecule has 25 heavy (non-hydrogen) atoms. The van der Waals surface area contributed by atoms with E-state index in [1.165, 1.54) is 12.4 Å². The Morgan fingerprint density at radius 3 is 2.32 bits per heavy atom. The molecule has 6 heteroatoms. The van der Waals surface area contributed by atoms with E-state index in [-0.39, 0.29) is 11.8 Å². The number of hydrogen-bond acceptors (Lipinski definition) is 4. The first-order chi connectivity index (χ1) is 12.0. The largest absolute Gasteiger partial charge is 0.336 e. The van der Waals surface area contributed by atoms with Gasteiger partial charge in [0.2, 0.25) is 0 Å². The van der Waals surface area contributed by atoms with Crippen LogP contribution < -0.4 is 5.32 Å². The number of piperazine rings is 1. The van der Waals surface area contributed by atoms with Crippen molar-refractivity contribution in [1.82, 2.24) is 14.8 Å². The van der Waals surface area contributed by atoms with Crippen molar-refractivity contribution in [2.75, 3.05) is 38.5 Å². The quantitative estimate of drug-likeness (QED) is 0.930. The number of nitrogens with zero attached hydrogens (tertiary/aromatic N) is 3. The summed E-state index contributed by atoms with van der Waals surface area (Å²) in [5, 5.41) is 2.83. The molecule has 1 aliphatic rings. The van der Waals surface area contributed by atoms with E-state index in [0.29, 0.717) is 29.9 Å². The fourth-order valence-electron chi connectivity index (χ4n) is 2.71. The molecule has 0 atom stereocenters. The number of pyridine rings is 1. The van der Waals surface area contributed by atoms with Gasteiger partial charge in [0.25, 0.3) is 11.8 Å². The first-order valence-electron chi connectivity index (χ1n) is 8.34. The van der Waals surface area contributed by atoms with Crippen molar-refractivity contribution in [2.24, 2.45) is 0 Å². The van der Waals surface area contributed by atoms with Crippen LogP contribution in [-0.2, 0) is 0 Å². The average Bonchev–Trinajstić information content (AvgIpc) is 2.64. The second kappa shape index (κ2) is 7.44. The van der Waals surface area contributed by atoms with Crippen LogP contribution in [0.4, 0.5) is 5.69 Å². The van der Waals surface area contributed by atoms with Crippen LogP contribution >= 0.6 is 0 Å². The maximum Gasteiger partial charge on any atom is 0.257 e. The van der Waals surface area contributed by atoms with Crippen molar-refractivity contribution in [1.29, 1.82) is 0 Å². The number of carbonyl (C=O) groups is 2. The maximum atomic E-state index is 12.6. The molecule has 2 amide bonds. The second-order valence-electron chi connectivity index (χ2n) is 6.38. The summed E-state index contributed by atoms with van der Waals surface area (Å²) in [6, 6.07) is 9.17. The Morgan fingerprint density at radius 2 is 1.64 bits per heavy atom. The predicted octanol–water partition coefficient (Wildman–Crippen LogP) is 2.03. The maximum absolute atomic E-state index is 12.6. The number of carbonyl (C=O) groups excluding carboxylic acids is 2. The standard InChI is InChI=1S/C19H22N4O2/c1-14-3-5-17(6-4-14)21-18(24)15-11-16(13-20-12-15)19(25)23-9-7-22(2)8-10-23/h3-6,11-13H,7-10H2,1-2H3,(H,21,24). The first-order valence-corrected chi connectivity index (χ1v) is 8.34. The van der Waals surface area contributed by atoms with Crippen LogP contribution in [-0.4, -0.2) is 59.8 Å². The minimum Gasteiger partial charge on any atom is -0.336 e. The van der Waals surface area contributed by atoms with Gasteiger partial charge < -0.3 is 15.1 Å². The summed E-state index contributed by atoms with van der Waals surface area (Å²) in [5.41, 5.74) is 2.66. The second-order valence-corrected chi connectivity index (χ2v) is 6.38. The van der Waals surface area contributed by atoms with Crippen molar-refractivity contribution < 1.29 is 9.59 Å². The van der Waals surface area contributed by atoms with Crippen molar-refractivity contribution in [3.8, 4) is 0 Å². The lowest BCUT2D eigenvalue weighted by Gasteiger charge is -2.32. The number of hydrogen-bond donors (Lipinski definition) is 1. The van der Waals surface area contributed by atoms with Crippen molar-refractivity contribution in [3.05, 3.63) is 59.4 Å². The molecule has 0 aliphatic carbocycles. The van der Waals surface area contributed by atoms with Gasteiger partial charge in [0.05, 0.1) is 11.1 Å². The molecule has 0 saturated carbocycles. The number of benzene rings is 1. The molecular weight excluding hydrogens is 316 g/mol. The molecule has 1 saturated heterocycles. The minimum atomic E-state index is -0.274. The molecule has 130 valence electrons. The summed E-state index contributed by atoms with van der Waals surface area (Å²) in [6.07, 6.45) is 2.99. The van der Waals surface area contributed by atoms with E-state index in [1.807, 2.05) is 38.2 Å². The molecule has 6 nitrogen and oxygen atoms in total. The van der Waals surface area contributed by atoms with Gasteiger partial charge in [-0.05, 0) is 32.2 Å². The number of aromatic nitrogens is 1.